The van der Waals surface area contributed by atoms with Gasteiger partial charge in [0.2, 0.25) is 0 Å². The highest BCUT2D eigenvalue weighted by molar-refractivity contribution is 8.19. The van der Waals surface area contributed by atoms with Crippen LogP contribution in [0.1, 0.15) is 41.2 Å². The van der Waals surface area contributed by atoms with Crippen molar-refractivity contribution in [1.82, 2.24) is 5.32 Å². The van der Waals surface area contributed by atoms with Crippen molar-refractivity contribution < 1.29 is 14.3 Å². The van der Waals surface area contributed by atoms with Crippen LogP contribution in [0.4, 0.5) is 0 Å². The van der Waals surface area contributed by atoms with Crippen molar-refractivity contribution >= 4 is 29.4 Å². The summed E-state index contributed by atoms with van der Waals surface area (Å²) in [6, 6.07) is 14.2. The normalized spacial score (nSPS) is 15.2. The summed E-state index contributed by atoms with van der Waals surface area (Å²) in [5.41, 5.74) is 3.60. The van der Waals surface area contributed by atoms with E-state index in [-0.39, 0.29) is 18.6 Å². The summed E-state index contributed by atoms with van der Waals surface area (Å²) in [5, 5.41) is 2.99. The Balaban J connectivity index is 1.55. The largest absolute Gasteiger partial charge is 0.493 e. The molecule has 0 saturated carbocycles. The van der Waals surface area contributed by atoms with E-state index in [1.807, 2.05) is 42.6 Å². The van der Waals surface area contributed by atoms with Gasteiger partial charge < -0.3 is 14.8 Å². The molecule has 1 aliphatic heterocycles. The molecule has 0 spiro atoms. The van der Waals surface area contributed by atoms with E-state index in [1.165, 1.54) is 22.6 Å². The third-order valence-corrected chi connectivity index (χ3v) is 7.81. The Bertz CT molecular complexity index is 789. The van der Waals surface area contributed by atoms with Crippen LogP contribution < -0.4 is 14.8 Å². The average Bonchev–Trinajstić information content (AvgIpc) is 3.27. The van der Waals surface area contributed by atoms with E-state index in [0.29, 0.717) is 16.1 Å². The van der Waals surface area contributed by atoms with E-state index >= 15 is 0 Å². The number of thioether (sulfide) groups is 2. The molecule has 1 aliphatic rings. The summed E-state index contributed by atoms with van der Waals surface area (Å²) >= 11 is 3.90. The van der Waals surface area contributed by atoms with Gasteiger partial charge in [0.1, 0.15) is 0 Å². The van der Waals surface area contributed by atoms with Crippen LogP contribution in [0.3, 0.4) is 0 Å². The molecule has 1 atom stereocenters. The second-order valence-corrected chi connectivity index (χ2v) is 9.38. The molecule has 1 saturated heterocycles. The van der Waals surface area contributed by atoms with Crippen molar-refractivity contribution in [2.75, 3.05) is 25.2 Å². The number of carbonyl (C=O) groups is 1. The fourth-order valence-electron chi connectivity index (χ4n) is 3.05. The van der Waals surface area contributed by atoms with Gasteiger partial charge in [-0.05, 0) is 42.2 Å². The minimum Gasteiger partial charge on any atom is -0.493 e. The van der Waals surface area contributed by atoms with Crippen molar-refractivity contribution in [3.8, 4) is 11.5 Å². The molecule has 6 heteroatoms. The lowest BCUT2D eigenvalue weighted by atomic mass is 10.1. The maximum atomic E-state index is 12.3. The highest BCUT2D eigenvalue weighted by Gasteiger charge is 2.20. The number of amides is 1. The first kappa shape index (κ1) is 20.9. The Labute approximate surface area is 175 Å². The van der Waals surface area contributed by atoms with Gasteiger partial charge in [-0.15, -0.1) is 23.5 Å². The van der Waals surface area contributed by atoms with Gasteiger partial charge in [-0.1, -0.05) is 37.3 Å². The van der Waals surface area contributed by atoms with Gasteiger partial charge in [-0.25, -0.2) is 0 Å². The van der Waals surface area contributed by atoms with Gasteiger partial charge >= 0.3 is 0 Å². The molecule has 1 N–H and O–H groups in total. The van der Waals surface area contributed by atoms with Gasteiger partial charge in [0.05, 0.1) is 17.7 Å². The molecule has 2 aromatic rings. The Kier molecular flexibility index (Phi) is 7.57. The van der Waals surface area contributed by atoms with Crippen molar-refractivity contribution in [1.29, 1.82) is 0 Å². The summed E-state index contributed by atoms with van der Waals surface area (Å²) in [6.07, 6.45) is 1.01. The Morgan fingerprint density at radius 1 is 1.14 bits per heavy atom. The number of aryl methyl sites for hydroxylation is 1. The van der Waals surface area contributed by atoms with Crippen molar-refractivity contribution in [3.63, 3.8) is 0 Å². The molecule has 4 nitrogen and oxygen atoms in total. The van der Waals surface area contributed by atoms with Crippen LogP contribution in [-0.4, -0.2) is 31.1 Å². The van der Waals surface area contributed by atoms with Gasteiger partial charge in [0.15, 0.2) is 18.1 Å². The number of carbonyl (C=O) groups excluding carboxylic acids is 1. The number of hydrogen-bond acceptors (Lipinski definition) is 5. The molecule has 2 aromatic carbocycles. The van der Waals surface area contributed by atoms with E-state index in [9.17, 15) is 4.79 Å². The van der Waals surface area contributed by atoms with Gasteiger partial charge in [0, 0.05) is 11.5 Å². The molecule has 3 rings (SSSR count). The fraction of sp³-hybridized carbons (Fsp3) is 0.409. The number of benzene rings is 2. The lowest BCUT2D eigenvalue weighted by molar-refractivity contribution is -0.123. The van der Waals surface area contributed by atoms with Crippen LogP contribution >= 0.6 is 23.5 Å². The topological polar surface area (TPSA) is 47.6 Å². The quantitative estimate of drug-likeness (QED) is 0.655. The molecule has 28 heavy (non-hydrogen) atoms. The minimum absolute atomic E-state index is 0.0416. The van der Waals surface area contributed by atoms with Crippen LogP contribution in [-0.2, 0) is 11.2 Å². The molecule has 150 valence electrons. The highest BCUT2D eigenvalue weighted by atomic mass is 32.2. The monoisotopic (exact) mass is 417 g/mol. The van der Waals surface area contributed by atoms with Crippen LogP contribution in [0.25, 0.3) is 0 Å². The molecule has 0 unspecified atom stereocenters. The van der Waals surface area contributed by atoms with Crippen molar-refractivity contribution in [3.05, 3.63) is 59.2 Å². The average molecular weight is 418 g/mol. The predicted octanol–water partition coefficient (Wildman–Crippen LogP) is 4.99. The molecule has 0 aliphatic carbocycles. The fourth-order valence-corrected chi connectivity index (χ4v) is 5.89. The van der Waals surface area contributed by atoms with Crippen molar-refractivity contribution in [2.45, 2.75) is 30.9 Å². The van der Waals surface area contributed by atoms with Crippen LogP contribution in [0.5, 0.6) is 11.5 Å². The van der Waals surface area contributed by atoms with Crippen LogP contribution in [0.2, 0.25) is 0 Å². The summed E-state index contributed by atoms with van der Waals surface area (Å²) in [6.45, 7) is 4.06. The van der Waals surface area contributed by atoms with E-state index in [2.05, 4.69) is 42.6 Å². The Morgan fingerprint density at radius 3 is 2.50 bits per heavy atom. The SMILES string of the molecule is CCc1ccc([C@@H](C)NC(=O)COc2ccc(C3SCCS3)cc2OC)cc1. The number of rotatable bonds is 8. The first-order valence-electron chi connectivity index (χ1n) is 9.53. The first-order chi connectivity index (χ1) is 13.6. The highest BCUT2D eigenvalue weighted by Crippen LogP contribution is 2.46. The zero-order valence-electron chi connectivity index (χ0n) is 16.6. The maximum Gasteiger partial charge on any atom is 0.258 e. The number of methoxy groups -OCH3 is 1. The summed E-state index contributed by atoms with van der Waals surface area (Å²) < 4.78 is 11.7. The van der Waals surface area contributed by atoms with Gasteiger partial charge in [-0.2, -0.15) is 0 Å². The number of hydrogen-bond donors (Lipinski definition) is 1. The van der Waals surface area contributed by atoms with Gasteiger partial charge in [0.25, 0.3) is 5.91 Å². The lowest BCUT2D eigenvalue weighted by Gasteiger charge is -2.17. The predicted molar refractivity (Wildman–Crippen MR) is 119 cm³/mol. The first-order valence-corrected chi connectivity index (χ1v) is 11.6. The van der Waals surface area contributed by atoms with Crippen LogP contribution in [0, 0.1) is 0 Å². The molecule has 0 radical (unpaired) electrons. The van der Waals surface area contributed by atoms with E-state index in [0.717, 1.165) is 12.0 Å². The number of ether oxygens (including phenoxy) is 2. The Morgan fingerprint density at radius 2 is 1.86 bits per heavy atom. The second kappa shape index (κ2) is 10.1. The summed E-state index contributed by atoms with van der Waals surface area (Å²) in [5.74, 6) is 3.46. The standard InChI is InChI=1S/C22H27NO3S2/c1-4-16-5-7-17(8-6-16)15(2)23-21(24)14-26-19-10-9-18(13-20(19)25-3)22-27-11-12-28-22/h5-10,13,15,22H,4,11-12,14H2,1-3H3,(H,23,24)/t15-/m1/s1. The third-order valence-electron chi connectivity index (χ3n) is 4.71. The van der Waals surface area contributed by atoms with Crippen LogP contribution in [0.15, 0.2) is 42.5 Å². The molecule has 1 fully saturated rings. The van der Waals surface area contributed by atoms with Gasteiger partial charge in [-0.3, -0.25) is 4.79 Å². The van der Waals surface area contributed by atoms with E-state index in [4.69, 9.17) is 9.47 Å². The van der Waals surface area contributed by atoms with E-state index in [1.54, 1.807) is 7.11 Å². The second-order valence-electron chi connectivity index (χ2n) is 6.66. The zero-order valence-corrected chi connectivity index (χ0v) is 18.2. The third kappa shape index (κ3) is 5.39. The molecule has 0 aromatic heterocycles. The molecule has 1 heterocycles. The molecular formula is C22H27NO3S2. The summed E-state index contributed by atoms with van der Waals surface area (Å²) in [7, 11) is 1.63. The van der Waals surface area contributed by atoms with E-state index < -0.39 is 0 Å². The Hall–Kier alpha value is -1.79. The van der Waals surface area contributed by atoms with Crippen molar-refractivity contribution in [2.24, 2.45) is 0 Å². The zero-order chi connectivity index (χ0) is 19.9. The molecule has 1 amide bonds. The smallest absolute Gasteiger partial charge is 0.258 e. The maximum absolute atomic E-state index is 12.3. The number of nitrogens with one attached hydrogen (secondary N) is 1. The molecule has 0 bridgehead atoms. The minimum atomic E-state index is -0.153. The summed E-state index contributed by atoms with van der Waals surface area (Å²) in [4.78, 5) is 12.3. The molecular weight excluding hydrogens is 390 g/mol. The lowest BCUT2D eigenvalue weighted by Crippen LogP contribution is -2.31.